The molecular formula is C20H32ClN3O2. The summed E-state index contributed by atoms with van der Waals surface area (Å²) in [4.78, 5) is 14.7. The molecule has 0 aromatic heterocycles. The maximum atomic E-state index is 12.1. The van der Waals surface area contributed by atoms with E-state index in [-0.39, 0.29) is 24.4 Å². The van der Waals surface area contributed by atoms with Crippen LogP contribution in [0.25, 0.3) is 0 Å². The molecule has 2 unspecified atom stereocenters. The predicted octanol–water partition coefficient (Wildman–Crippen LogP) is 2.24. The van der Waals surface area contributed by atoms with Gasteiger partial charge in [0.25, 0.3) is 0 Å². The van der Waals surface area contributed by atoms with Crippen LogP contribution in [0.2, 0.25) is 0 Å². The Balaban J connectivity index is 0.00000243. The predicted molar refractivity (Wildman–Crippen MR) is 107 cm³/mol. The molecule has 2 atom stereocenters. The first-order valence-corrected chi connectivity index (χ1v) is 9.61. The van der Waals surface area contributed by atoms with E-state index < -0.39 is 0 Å². The number of rotatable bonds is 7. The second kappa shape index (κ2) is 10.8. The van der Waals surface area contributed by atoms with Crippen LogP contribution in [0.5, 0.6) is 5.75 Å². The van der Waals surface area contributed by atoms with Crippen LogP contribution >= 0.6 is 12.4 Å². The maximum Gasteiger partial charge on any atom is 0.237 e. The van der Waals surface area contributed by atoms with Crippen molar-refractivity contribution in [1.82, 2.24) is 15.5 Å². The second-order valence-corrected chi connectivity index (χ2v) is 7.30. The molecule has 0 bridgehead atoms. The highest BCUT2D eigenvalue weighted by molar-refractivity contribution is 5.85. The summed E-state index contributed by atoms with van der Waals surface area (Å²) in [6.07, 6.45) is 5.60. The minimum absolute atomic E-state index is 0. The molecule has 0 saturated carbocycles. The summed E-state index contributed by atoms with van der Waals surface area (Å²) in [5, 5.41) is 6.43. The van der Waals surface area contributed by atoms with E-state index in [0.717, 1.165) is 51.2 Å². The zero-order valence-electron chi connectivity index (χ0n) is 15.7. The molecule has 2 aliphatic rings. The smallest absolute Gasteiger partial charge is 0.237 e. The summed E-state index contributed by atoms with van der Waals surface area (Å²) in [5.41, 5.74) is 1.35. The van der Waals surface area contributed by atoms with Gasteiger partial charge in [-0.3, -0.25) is 4.79 Å². The normalized spacial score (nSPS) is 23.3. The van der Waals surface area contributed by atoms with Crippen molar-refractivity contribution in [1.29, 1.82) is 0 Å². The molecule has 1 aromatic carbocycles. The fourth-order valence-electron chi connectivity index (χ4n) is 3.88. The van der Waals surface area contributed by atoms with E-state index in [1.807, 2.05) is 12.1 Å². The quantitative estimate of drug-likeness (QED) is 0.760. The Morgan fingerprint density at radius 3 is 2.77 bits per heavy atom. The van der Waals surface area contributed by atoms with E-state index >= 15 is 0 Å². The van der Waals surface area contributed by atoms with E-state index in [9.17, 15) is 4.79 Å². The first-order valence-electron chi connectivity index (χ1n) is 9.61. The van der Waals surface area contributed by atoms with E-state index in [4.69, 9.17) is 4.74 Å². The number of piperidine rings is 1. The number of ether oxygens (including phenoxy) is 1. The van der Waals surface area contributed by atoms with Gasteiger partial charge in [-0.25, -0.2) is 0 Å². The molecular weight excluding hydrogens is 350 g/mol. The highest BCUT2D eigenvalue weighted by Crippen LogP contribution is 2.17. The standard InChI is InChI=1S/C20H31N3O2.ClH/c1-25-18-8-6-16(7-9-18)10-13-23-12-3-4-17(15-23)14-22-20(24)19-5-2-11-21-19;/h6-9,17,19,21H,2-5,10-15H2,1H3,(H,22,24);1H. The molecule has 5 nitrogen and oxygen atoms in total. The molecule has 3 rings (SSSR count). The summed E-state index contributed by atoms with van der Waals surface area (Å²) in [7, 11) is 1.70. The fourth-order valence-corrected chi connectivity index (χ4v) is 3.88. The van der Waals surface area contributed by atoms with Crippen molar-refractivity contribution in [2.24, 2.45) is 5.92 Å². The Morgan fingerprint density at radius 2 is 2.08 bits per heavy atom. The lowest BCUT2D eigenvalue weighted by Crippen LogP contribution is -2.45. The molecule has 2 saturated heterocycles. The average molecular weight is 382 g/mol. The van der Waals surface area contributed by atoms with E-state index in [2.05, 4.69) is 27.7 Å². The molecule has 0 aliphatic carbocycles. The number of nitrogens with zero attached hydrogens (tertiary/aromatic N) is 1. The largest absolute Gasteiger partial charge is 0.497 e. The summed E-state index contributed by atoms with van der Waals surface area (Å²) < 4.78 is 5.21. The Morgan fingerprint density at radius 1 is 1.27 bits per heavy atom. The number of methoxy groups -OCH3 is 1. The SMILES string of the molecule is COc1ccc(CCN2CCCC(CNC(=O)C3CCCN3)C2)cc1.Cl. The molecule has 2 fully saturated rings. The lowest BCUT2D eigenvalue weighted by Gasteiger charge is -2.33. The summed E-state index contributed by atoms with van der Waals surface area (Å²) in [5.74, 6) is 1.68. The van der Waals surface area contributed by atoms with Gasteiger partial charge in [0, 0.05) is 19.6 Å². The summed E-state index contributed by atoms with van der Waals surface area (Å²) in [6.45, 7) is 5.14. The van der Waals surface area contributed by atoms with Crippen molar-refractivity contribution in [3.8, 4) is 5.75 Å². The van der Waals surface area contributed by atoms with Crippen LogP contribution in [0.4, 0.5) is 0 Å². The van der Waals surface area contributed by atoms with Crippen molar-refractivity contribution in [3.05, 3.63) is 29.8 Å². The topological polar surface area (TPSA) is 53.6 Å². The van der Waals surface area contributed by atoms with Gasteiger partial charge in [0.15, 0.2) is 0 Å². The molecule has 0 spiro atoms. The van der Waals surface area contributed by atoms with Gasteiger partial charge in [0.1, 0.15) is 5.75 Å². The summed E-state index contributed by atoms with van der Waals surface area (Å²) in [6, 6.07) is 8.39. The van der Waals surface area contributed by atoms with Gasteiger partial charge < -0.3 is 20.3 Å². The Kier molecular flexibility index (Phi) is 8.69. The van der Waals surface area contributed by atoms with E-state index in [1.54, 1.807) is 7.11 Å². The van der Waals surface area contributed by atoms with Gasteiger partial charge in [0.05, 0.1) is 13.2 Å². The van der Waals surface area contributed by atoms with Crippen molar-refractivity contribution in [3.63, 3.8) is 0 Å². The summed E-state index contributed by atoms with van der Waals surface area (Å²) >= 11 is 0. The third-order valence-corrected chi connectivity index (χ3v) is 5.42. The first-order chi connectivity index (χ1) is 12.2. The van der Waals surface area contributed by atoms with Crippen LogP contribution in [0.15, 0.2) is 24.3 Å². The van der Waals surface area contributed by atoms with Crippen LogP contribution in [-0.2, 0) is 11.2 Å². The van der Waals surface area contributed by atoms with Gasteiger partial charge >= 0.3 is 0 Å². The van der Waals surface area contributed by atoms with Crippen LogP contribution in [0, 0.1) is 5.92 Å². The molecule has 2 N–H and O–H groups in total. The minimum Gasteiger partial charge on any atom is -0.497 e. The zero-order chi connectivity index (χ0) is 17.5. The van der Waals surface area contributed by atoms with Gasteiger partial charge in [-0.05, 0) is 68.8 Å². The van der Waals surface area contributed by atoms with Crippen molar-refractivity contribution in [2.45, 2.75) is 38.1 Å². The molecule has 26 heavy (non-hydrogen) atoms. The number of hydrogen-bond donors (Lipinski definition) is 2. The number of nitrogens with one attached hydrogen (secondary N) is 2. The van der Waals surface area contributed by atoms with E-state index in [1.165, 1.54) is 24.9 Å². The second-order valence-electron chi connectivity index (χ2n) is 7.30. The lowest BCUT2D eigenvalue weighted by molar-refractivity contribution is -0.123. The van der Waals surface area contributed by atoms with Gasteiger partial charge in [-0.15, -0.1) is 12.4 Å². The van der Waals surface area contributed by atoms with Crippen molar-refractivity contribution in [2.75, 3.05) is 39.8 Å². The monoisotopic (exact) mass is 381 g/mol. The first kappa shape index (κ1) is 21.0. The molecule has 2 heterocycles. The molecule has 0 radical (unpaired) electrons. The van der Waals surface area contributed by atoms with Gasteiger partial charge in [0.2, 0.25) is 5.91 Å². The molecule has 2 aliphatic heterocycles. The average Bonchev–Trinajstić information content (AvgIpc) is 3.20. The van der Waals surface area contributed by atoms with Crippen molar-refractivity contribution >= 4 is 18.3 Å². The third-order valence-electron chi connectivity index (χ3n) is 5.42. The van der Waals surface area contributed by atoms with Gasteiger partial charge in [-0.1, -0.05) is 12.1 Å². The minimum atomic E-state index is 0. The molecule has 146 valence electrons. The molecule has 6 heteroatoms. The number of likely N-dealkylation sites (tertiary alicyclic amines) is 1. The number of carbonyl (C=O) groups excluding carboxylic acids is 1. The highest BCUT2D eigenvalue weighted by Gasteiger charge is 2.24. The molecule has 1 aromatic rings. The Hall–Kier alpha value is -1.30. The van der Waals surface area contributed by atoms with Crippen molar-refractivity contribution < 1.29 is 9.53 Å². The van der Waals surface area contributed by atoms with Crippen LogP contribution < -0.4 is 15.4 Å². The van der Waals surface area contributed by atoms with Crippen LogP contribution in [-0.4, -0.2) is 56.7 Å². The number of halogens is 1. The third kappa shape index (κ3) is 6.15. The van der Waals surface area contributed by atoms with E-state index in [0.29, 0.717) is 5.92 Å². The number of hydrogen-bond acceptors (Lipinski definition) is 4. The highest BCUT2D eigenvalue weighted by atomic mass is 35.5. The maximum absolute atomic E-state index is 12.1. The zero-order valence-corrected chi connectivity index (χ0v) is 16.5. The Labute approximate surface area is 163 Å². The van der Waals surface area contributed by atoms with Crippen LogP contribution in [0.1, 0.15) is 31.2 Å². The van der Waals surface area contributed by atoms with Crippen LogP contribution in [0.3, 0.4) is 0 Å². The lowest BCUT2D eigenvalue weighted by atomic mass is 9.97. The molecule has 1 amide bonds. The number of amides is 1. The van der Waals surface area contributed by atoms with Gasteiger partial charge in [-0.2, -0.15) is 0 Å². The fraction of sp³-hybridized carbons (Fsp3) is 0.650. The Bertz CT molecular complexity index is 546. The number of carbonyl (C=O) groups is 1. The number of benzene rings is 1.